The number of nitrogens with zero attached hydrogens (tertiary/aromatic N) is 2. The lowest BCUT2D eigenvalue weighted by atomic mass is 9.85. The summed E-state index contributed by atoms with van der Waals surface area (Å²) < 4.78 is 25.5. The molecular weight excluding hydrogens is 498 g/mol. The van der Waals surface area contributed by atoms with Crippen LogP contribution in [-0.2, 0) is 26.5 Å². The van der Waals surface area contributed by atoms with E-state index < -0.39 is 15.3 Å². The van der Waals surface area contributed by atoms with Crippen LogP contribution in [0, 0.1) is 5.92 Å². The smallest absolute Gasteiger partial charge is 0.234 e. The Balaban J connectivity index is 1.37. The van der Waals surface area contributed by atoms with Gasteiger partial charge in [0.15, 0.2) is 9.84 Å². The standard InChI is InChI=1S/C29H31N5O3S/c1-16(2)25(19-8-7-17-6-5-11-38(36,37)24(17)13-19)34-27-20-14-23(32-26(20)30-15-31-27)18-9-10-22-21(12-18)29(3,4)28(35)33-22/h7-10,12-16,25H,5-6,11H2,1-4H3,(H,33,35)(H2,30,31,32,34)/t25-/m1/s1. The summed E-state index contributed by atoms with van der Waals surface area (Å²) in [6, 6.07) is 13.7. The molecule has 0 spiro atoms. The third-order valence-corrected chi connectivity index (χ3v) is 9.73. The van der Waals surface area contributed by atoms with Crippen molar-refractivity contribution in [3.63, 3.8) is 0 Å². The van der Waals surface area contributed by atoms with Crippen molar-refractivity contribution >= 4 is 38.3 Å². The summed E-state index contributed by atoms with van der Waals surface area (Å²) in [5.74, 6) is 1.04. The fourth-order valence-electron chi connectivity index (χ4n) is 5.55. The zero-order chi connectivity index (χ0) is 26.8. The van der Waals surface area contributed by atoms with E-state index >= 15 is 0 Å². The number of fused-ring (bicyclic) bond motifs is 3. The molecule has 2 aromatic carbocycles. The minimum atomic E-state index is -3.26. The molecule has 9 heteroatoms. The molecule has 4 aromatic rings. The maximum Gasteiger partial charge on any atom is 0.234 e. The fraction of sp³-hybridized carbons (Fsp3) is 0.345. The van der Waals surface area contributed by atoms with Gasteiger partial charge in [0.1, 0.15) is 17.8 Å². The van der Waals surface area contributed by atoms with Crippen LogP contribution < -0.4 is 10.6 Å². The molecule has 0 radical (unpaired) electrons. The highest BCUT2D eigenvalue weighted by molar-refractivity contribution is 7.91. The summed E-state index contributed by atoms with van der Waals surface area (Å²) in [5.41, 5.74) is 5.55. The van der Waals surface area contributed by atoms with Gasteiger partial charge in [-0.2, -0.15) is 0 Å². The Bertz CT molecular complexity index is 1700. The summed E-state index contributed by atoms with van der Waals surface area (Å²) in [4.78, 5) is 25.3. The molecule has 1 atom stereocenters. The Labute approximate surface area is 222 Å². The van der Waals surface area contributed by atoms with Crippen molar-refractivity contribution in [3.05, 3.63) is 65.5 Å². The van der Waals surface area contributed by atoms with Crippen LogP contribution >= 0.6 is 0 Å². The van der Waals surface area contributed by atoms with Gasteiger partial charge in [-0.1, -0.05) is 32.0 Å². The number of hydrogen-bond donors (Lipinski definition) is 3. The van der Waals surface area contributed by atoms with E-state index in [1.165, 1.54) is 6.33 Å². The van der Waals surface area contributed by atoms with Gasteiger partial charge in [-0.15, -0.1) is 0 Å². The lowest BCUT2D eigenvalue weighted by molar-refractivity contribution is -0.119. The Morgan fingerprint density at radius 1 is 1.05 bits per heavy atom. The number of carbonyl (C=O) groups excluding carboxylic acids is 1. The molecule has 3 N–H and O–H groups in total. The summed E-state index contributed by atoms with van der Waals surface area (Å²) in [6.45, 7) is 8.06. The van der Waals surface area contributed by atoms with E-state index in [-0.39, 0.29) is 23.6 Å². The van der Waals surface area contributed by atoms with Gasteiger partial charge in [-0.25, -0.2) is 18.4 Å². The Hall–Kier alpha value is -3.72. The molecule has 6 rings (SSSR count). The fourth-order valence-corrected chi connectivity index (χ4v) is 7.18. The van der Waals surface area contributed by atoms with Crippen LogP contribution in [0.15, 0.2) is 53.7 Å². The van der Waals surface area contributed by atoms with Gasteiger partial charge in [0.05, 0.1) is 27.5 Å². The molecule has 2 aliphatic heterocycles. The highest BCUT2D eigenvalue weighted by atomic mass is 32.2. The number of aromatic amines is 1. The first kappa shape index (κ1) is 24.6. The number of hydrogen-bond acceptors (Lipinski definition) is 6. The molecule has 0 saturated carbocycles. The number of aryl methyl sites for hydroxylation is 1. The van der Waals surface area contributed by atoms with Crippen LogP contribution in [0.2, 0.25) is 0 Å². The lowest BCUT2D eigenvalue weighted by Crippen LogP contribution is -2.26. The van der Waals surface area contributed by atoms with Crippen LogP contribution in [0.3, 0.4) is 0 Å². The second-order valence-corrected chi connectivity index (χ2v) is 13.2. The molecular formula is C29H31N5O3S. The molecule has 1 amide bonds. The van der Waals surface area contributed by atoms with Crippen LogP contribution in [0.25, 0.3) is 22.3 Å². The zero-order valence-electron chi connectivity index (χ0n) is 21.9. The average Bonchev–Trinajstić information content (AvgIpc) is 3.41. The molecule has 196 valence electrons. The van der Waals surface area contributed by atoms with Crippen molar-refractivity contribution in [1.82, 2.24) is 15.0 Å². The maximum atomic E-state index is 12.7. The van der Waals surface area contributed by atoms with E-state index in [1.807, 2.05) is 56.3 Å². The number of sulfone groups is 1. The van der Waals surface area contributed by atoms with E-state index in [9.17, 15) is 13.2 Å². The number of aromatic nitrogens is 3. The van der Waals surface area contributed by atoms with E-state index in [2.05, 4.69) is 39.4 Å². The zero-order valence-corrected chi connectivity index (χ0v) is 22.7. The highest BCUT2D eigenvalue weighted by Crippen LogP contribution is 2.40. The average molecular weight is 530 g/mol. The topological polar surface area (TPSA) is 117 Å². The van der Waals surface area contributed by atoms with Crippen molar-refractivity contribution in [3.8, 4) is 11.3 Å². The summed E-state index contributed by atoms with van der Waals surface area (Å²) in [6.07, 6.45) is 2.98. The highest BCUT2D eigenvalue weighted by Gasteiger charge is 2.38. The Kier molecular flexibility index (Phi) is 5.61. The molecule has 0 saturated heterocycles. The largest absolute Gasteiger partial charge is 0.362 e. The first-order chi connectivity index (χ1) is 18.0. The molecule has 38 heavy (non-hydrogen) atoms. The van der Waals surface area contributed by atoms with Gasteiger partial charge < -0.3 is 15.6 Å². The molecule has 0 bridgehead atoms. The minimum absolute atomic E-state index is 0.00615. The summed E-state index contributed by atoms with van der Waals surface area (Å²) in [7, 11) is -3.26. The van der Waals surface area contributed by atoms with Gasteiger partial charge in [0, 0.05) is 11.4 Å². The predicted molar refractivity (Wildman–Crippen MR) is 149 cm³/mol. The molecule has 8 nitrogen and oxygen atoms in total. The molecule has 0 unspecified atom stereocenters. The minimum Gasteiger partial charge on any atom is -0.362 e. The van der Waals surface area contributed by atoms with Gasteiger partial charge in [0.2, 0.25) is 5.91 Å². The Morgan fingerprint density at radius 2 is 1.87 bits per heavy atom. The molecule has 2 aromatic heterocycles. The normalized spacial score (nSPS) is 18.2. The second kappa shape index (κ2) is 8.66. The van der Waals surface area contributed by atoms with Crippen LogP contribution in [0.4, 0.5) is 11.5 Å². The molecule has 4 heterocycles. The van der Waals surface area contributed by atoms with Gasteiger partial charge in [-0.05, 0) is 79.1 Å². The maximum absolute atomic E-state index is 12.7. The number of H-pyrrole nitrogens is 1. The first-order valence-corrected chi connectivity index (χ1v) is 14.6. The molecule has 0 aliphatic carbocycles. The second-order valence-electron chi connectivity index (χ2n) is 11.2. The number of amides is 1. The van der Waals surface area contributed by atoms with E-state index in [1.54, 1.807) is 0 Å². The number of nitrogens with one attached hydrogen (secondary N) is 3. The van der Waals surface area contributed by atoms with Crippen molar-refractivity contribution in [1.29, 1.82) is 0 Å². The number of carbonyl (C=O) groups is 1. The predicted octanol–water partition coefficient (Wildman–Crippen LogP) is 5.38. The number of rotatable bonds is 5. The van der Waals surface area contributed by atoms with E-state index in [0.717, 1.165) is 45.4 Å². The third-order valence-electron chi connectivity index (χ3n) is 7.85. The summed E-state index contributed by atoms with van der Waals surface area (Å²) >= 11 is 0. The summed E-state index contributed by atoms with van der Waals surface area (Å²) in [5, 5.41) is 7.37. The van der Waals surface area contributed by atoms with E-state index in [4.69, 9.17) is 0 Å². The number of anilines is 2. The van der Waals surface area contributed by atoms with Crippen molar-refractivity contribution in [2.45, 2.75) is 56.9 Å². The Morgan fingerprint density at radius 3 is 2.66 bits per heavy atom. The SMILES string of the molecule is CC(C)[C@@H](Nc1ncnc2[nH]c(-c3ccc4c(c3)C(C)(C)C(=O)N4)cc12)c1ccc2c(c1)S(=O)(=O)CCC2. The van der Waals surface area contributed by atoms with Gasteiger partial charge in [-0.3, -0.25) is 4.79 Å². The monoisotopic (exact) mass is 529 g/mol. The van der Waals surface area contributed by atoms with Crippen molar-refractivity contribution in [2.75, 3.05) is 16.4 Å². The van der Waals surface area contributed by atoms with Crippen molar-refractivity contribution < 1.29 is 13.2 Å². The van der Waals surface area contributed by atoms with Crippen molar-refractivity contribution in [2.24, 2.45) is 5.92 Å². The molecule has 2 aliphatic rings. The molecule has 0 fully saturated rings. The van der Waals surface area contributed by atoms with Crippen LogP contribution in [-0.4, -0.2) is 35.0 Å². The van der Waals surface area contributed by atoms with Gasteiger partial charge in [0.25, 0.3) is 0 Å². The van der Waals surface area contributed by atoms with Crippen LogP contribution in [0.5, 0.6) is 0 Å². The quantitative estimate of drug-likeness (QED) is 0.319. The van der Waals surface area contributed by atoms with E-state index in [0.29, 0.717) is 22.8 Å². The third kappa shape index (κ3) is 3.96. The van der Waals surface area contributed by atoms with Crippen LogP contribution in [0.1, 0.15) is 56.8 Å². The number of benzene rings is 2. The first-order valence-electron chi connectivity index (χ1n) is 13.0. The van der Waals surface area contributed by atoms with Gasteiger partial charge >= 0.3 is 0 Å². The lowest BCUT2D eigenvalue weighted by Gasteiger charge is -2.26.